The van der Waals surface area contributed by atoms with E-state index in [1.807, 2.05) is 6.07 Å². The molecule has 0 unspecified atom stereocenters. The van der Waals surface area contributed by atoms with Gasteiger partial charge in [0.2, 0.25) is 0 Å². The maximum absolute atomic E-state index is 4.44. The molecule has 0 spiro atoms. The maximum atomic E-state index is 4.44. The zero-order valence-electron chi connectivity index (χ0n) is 14.3. The fourth-order valence-corrected chi connectivity index (χ4v) is 2.93. The van der Waals surface area contributed by atoms with Crippen molar-refractivity contribution in [1.82, 2.24) is 9.97 Å². The molecule has 0 amide bonds. The molecule has 0 atom stereocenters. The number of nitrogens with one attached hydrogen (secondary N) is 1. The molecule has 1 aliphatic heterocycles. The van der Waals surface area contributed by atoms with Gasteiger partial charge in [-0.2, -0.15) is 0 Å². The van der Waals surface area contributed by atoms with Crippen LogP contribution >= 0.6 is 0 Å². The summed E-state index contributed by atoms with van der Waals surface area (Å²) in [6.07, 6.45) is 4.13. The van der Waals surface area contributed by atoms with Gasteiger partial charge in [0.15, 0.2) is 0 Å². The van der Waals surface area contributed by atoms with Crippen LogP contribution in [-0.4, -0.2) is 23.1 Å². The molecule has 2 heterocycles. The molecule has 122 valence electrons. The molecule has 2 aromatic rings. The molecule has 1 saturated heterocycles. The number of piperidine rings is 1. The molecule has 0 aliphatic carbocycles. The van der Waals surface area contributed by atoms with Crippen LogP contribution in [0.15, 0.2) is 36.7 Å². The molecule has 1 aromatic heterocycles. The van der Waals surface area contributed by atoms with E-state index in [1.54, 1.807) is 6.33 Å². The summed E-state index contributed by atoms with van der Waals surface area (Å²) < 4.78 is 0. The molecule has 1 aliphatic rings. The molecular formula is C19H26N4. The van der Waals surface area contributed by atoms with Gasteiger partial charge < -0.3 is 10.2 Å². The Morgan fingerprint density at radius 2 is 1.78 bits per heavy atom. The monoisotopic (exact) mass is 310 g/mol. The minimum absolute atomic E-state index is 0.552. The topological polar surface area (TPSA) is 41.0 Å². The van der Waals surface area contributed by atoms with Crippen LogP contribution in [0.3, 0.4) is 0 Å². The number of hydrogen-bond acceptors (Lipinski definition) is 4. The summed E-state index contributed by atoms with van der Waals surface area (Å²) in [5.74, 6) is 3.25. The lowest BCUT2D eigenvalue weighted by molar-refractivity contribution is 0.436. The van der Waals surface area contributed by atoms with E-state index in [4.69, 9.17) is 0 Å². The average molecular weight is 310 g/mol. The summed E-state index contributed by atoms with van der Waals surface area (Å²) in [7, 11) is 0. The molecule has 0 radical (unpaired) electrons. The van der Waals surface area contributed by atoms with Crippen LogP contribution in [0.1, 0.15) is 45.1 Å². The highest BCUT2D eigenvalue weighted by atomic mass is 15.2. The third kappa shape index (κ3) is 4.01. The molecule has 1 N–H and O–H groups in total. The zero-order chi connectivity index (χ0) is 16.2. The largest absolute Gasteiger partial charge is 0.356 e. The van der Waals surface area contributed by atoms with Gasteiger partial charge in [0.25, 0.3) is 0 Å². The molecule has 4 heteroatoms. The van der Waals surface area contributed by atoms with Gasteiger partial charge in [-0.1, -0.05) is 32.9 Å². The van der Waals surface area contributed by atoms with E-state index in [2.05, 4.69) is 65.2 Å². The number of rotatable bonds is 4. The second-order valence-corrected chi connectivity index (χ2v) is 6.83. The zero-order valence-corrected chi connectivity index (χ0v) is 14.3. The standard InChI is InChI=1S/C19H26N4/c1-14(2)16-4-6-17(7-5-16)22-18-12-19(21-13-20-18)23-10-8-15(3)9-11-23/h4-7,12-15H,8-11H2,1-3H3,(H,20,21,22). The van der Waals surface area contributed by atoms with E-state index in [0.717, 1.165) is 36.3 Å². The Morgan fingerprint density at radius 3 is 2.43 bits per heavy atom. The van der Waals surface area contributed by atoms with Crippen LogP contribution in [0.5, 0.6) is 0 Å². The van der Waals surface area contributed by atoms with Crippen LogP contribution in [0.4, 0.5) is 17.3 Å². The van der Waals surface area contributed by atoms with Crippen molar-refractivity contribution in [2.75, 3.05) is 23.3 Å². The number of hydrogen-bond donors (Lipinski definition) is 1. The maximum Gasteiger partial charge on any atom is 0.135 e. The van der Waals surface area contributed by atoms with E-state index in [1.165, 1.54) is 18.4 Å². The molecule has 3 rings (SSSR count). The van der Waals surface area contributed by atoms with Gasteiger partial charge in [0.1, 0.15) is 18.0 Å². The first kappa shape index (κ1) is 15.8. The van der Waals surface area contributed by atoms with Crippen LogP contribution in [0, 0.1) is 5.92 Å². The number of benzene rings is 1. The fourth-order valence-electron chi connectivity index (χ4n) is 2.93. The second-order valence-electron chi connectivity index (χ2n) is 6.83. The molecule has 0 saturated carbocycles. The SMILES string of the molecule is CC1CCN(c2cc(Nc3ccc(C(C)C)cc3)ncn2)CC1. The second kappa shape index (κ2) is 6.99. The lowest BCUT2D eigenvalue weighted by Crippen LogP contribution is -2.33. The van der Waals surface area contributed by atoms with Gasteiger partial charge in [-0.3, -0.25) is 0 Å². The van der Waals surface area contributed by atoms with Gasteiger partial charge in [-0.15, -0.1) is 0 Å². The van der Waals surface area contributed by atoms with Crippen molar-refractivity contribution < 1.29 is 0 Å². The molecule has 4 nitrogen and oxygen atoms in total. The van der Waals surface area contributed by atoms with E-state index in [0.29, 0.717) is 5.92 Å². The minimum atomic E-state index is 0.552. The smallest absolute Gasteiger partial charge is 0.135 e. The van der Waals surface area contributed by atoms with Crippen molar-refractivity contribution in [2.45, 2.75) is 39.5 Å². The first-order chi connectivity index (χ1) is 11.1. The molecule has 0 bridgehead atoms. The predicted octanol–water partition coefficient (Wildman–Crippen LogP) is 4.58. The van der Waals surface area contributed by atoms with Crippen molar-refractivity contribution in [3.05, 3.63) is 42.2 Å². The van der Waals surface area contributed by atoms with Gasteiger partial charge >= 0.3 is 0 Å². The van der Waals surface area contributed by atoms with Gasteiger partial charge in [0, 0.05) is 24.8 Å². The normalized spacial score (nSPS) is 15.9. The van der Waals surface area contributed by atoms with Crippen LogP contribution < -0.4 is 10.2 Å². The summed E-state index contributed by atoms with van der Waals surface area (Å²) in [4.78, 5) is 11.2. The Hall–Kier alpha value is -2.10. The summed E-state index contributed by atoms with van der Waals surface area (Å²) in [5.41, 5.74) is 2.41. The first-order valence-electron chi connectivity index (χ1n) is 8.56. The van der Waals surface area contributed by atoms with Gasteiger partial charge in [-0.05, 0) is 42.4 Å². The Morgan fingerprint density at radius 1 is 1.09 bits per heavy atom. The van der Waals surface area contributed by atoms with Crippen molar-refractivity contribution in [3.63, 3.8) is 0 Å². The van der Waals surface area contributed by atoms with Crippen molar-refractivity contribution in [1.29, 1.82) is 0 Å². The highest BCUT2D eigenvalue weighted by Gasteiger charge is 2.17. The third-order valence-electron chi connectivity index (χ3n) is 4.61. The summed E-state index contributed by atoms with van der Waals surface area (Å²) in [6, 6.07) is 10.6. The minimum Gasteiger partial charge on any atom is -0.356 e. The molecule has 1 fully saturated rings. The number of aromatic nitrogens is 2. The third-order valence-corrected chi connectivity index (χ3v) is 4.61. The highest BCUT2D eigenvalue weighted by Crippen LogP contribution is 2.24. The Kier molecular flexibility index (Phi) is 4.79. The highest BCUT2D eigenvalue weighted by molar-refractivity contribution is 5.59. The summed E-state index contributed by atoms with van der Waals surface area (Å²) in [5, 5.41) is 3.38. The van der Waals surface area contributed by atoms with E-state index in [-0.39, 0.29) is 0 Å². The molecule has 1 aromatic carbocycles. The van der Waals surface area contributed by atoms with Crippen LogP contribution in [0.25, 0.3) is 0 Å². The number of nitrogens with zero attached hydrogens (tertiary/aromatic N) is 3. The summed E-state index contributed by atoms with van der Waals surface area (Å²) >= 11 is 0. The number of anilines is 3. The van der Waals surface area contributed by atoms with E-state index >= 15 is 0 Å². The quantitative estimate of drug-likeness (QED) is 0.897. The van der Waals surface area contributed by atoms with Crippen molar-refractivity contribution in [2.24, 2.45) is 5.92 Å². The lowest BCUT2D eigenvalue weighted by Gasteiger charge is -2.31. The van der Waals surface area contributed by atoms with Crippen molar-refractivity contribution >= 4 is 17.3 Å². The lowest BCUT2D eigenvalue weighted by atomic mass is 9.99. The van der Waals surface area contributed by atoms with Crippen LogP contribution in [-0.2, 0) is 0 Å². The Labute approximate surface area is 139 Å². The Bertz CT molecular complexity index is 628. The van der Waals surface area contributed by atoms with Crippen LogP contribution in [0.2, 0.25) is 0 Å². The molecule has 23 heavy (non-hydrogen) atoms. The van der Waals surface area contributed by atoms with E-state index < -0.39 is 0 Å². The van der Waals surface area contributed by atoms with Gasteiger partial charge in [0.05, 0.1) is 0 Å². The van der Waals surface area contributed by atoms with E-state index in [9.17, 15) is 0 Å². The average Bonchev–Trinajstić information content (AvgIpc) is 2.56. The predicted molar refractivity (Wildman–Crippen MR) is 96.5 cm³/mol. The Balaban J connectivity index is 1.70. The molecular weight excluding hydrogens is 284 g/mol. The van der Waals surface area contributed by atoms with Gasteiger partial charge in [-0.25, -0.2) is 9.97 Å². The van der Waals surface area contributed by atoms with Crippen molar-refractivity contribution in [3.8, 4) is 0 Å². The summed E-state index contributed by atoms with van der Waals surface area (Å²) in [6.45, 7) is 8.91. The fraction of sp³-hybridized carbons (Fsp3) is 0.474. The first-order valence-corrected chi connectivity index (χ1v) is 8.56.